The molecule has 25 heavy (non-hydrogen) atoms. The molecular formula is C19H23N3O3. The maximum atomic E-state index is 12.6. The Balaban J connectivity index is 1.77. The van der Waals surface area contributed by atoms with Gasteiger partial charge in [0.25, 0.3) is 0 Å². The number of anilines is 3. The molecule has 2 aromatic carbocycles. The molecule has 0 fully saturated rings. The molecule has 1 heterocycles. The molecule has 1 amide bonds. The van der Waals surface area contributed by atoms with Crippen LogP contribution in [0.5, 0.6) is 11.5 Å². The number of nitrogens with zero attached hydrogens (tertiary/aromatic N) is 1. The van der Waals surface area contributed by atoms with Crippen molar-refractivity contribution in [1.82, 2.24) is 0 Å². The number of ether oxygens (including phenoxy) is 2. The zero-order chi connectivity index (χ0) is 17.8. The molecule has 0 bridgehead atoms. The predicted molar refractivity (Wildman–Crippen MR) is 99.4 cm³/mol. The Morgan fingerprint density at radius 3 is 2.92 bits per heavy atom. The van der Waals surface area contributed by atoms with Gasteiger partial charge in [-0.15, -0.1) is 0 Å². The van der Waals surface area contributed by atoms with Gasteiger partial charge in [0.05, 0.1) is 31.6 Å². The normalized spacial score (nSPS) is 15.9. The number of hydrogen-bond acceptors (Lipinski definition) is 5. The second kappa shape index (κ2) is 7.34. The molecule has 0 spiro atoms. The van der Waals surface area contributed by atoms with Crippen molar-refractivity contribution in [3.05, 3.63) is 42.5 Å². The first-order valence-corrected chi connectivity index (χ1v) is 8.34. The van der Waals surface area contributed by atoms with E-state index in [1.54, 1.807) is 7.11 Å². The standard InChI is InChI=1S/C19H23N3O3/c1-3-14-11-22(16-10-13(20)8-9-18(16)25-14)12-19(23)21-15-6-4-5-7-17(15)24-2/h4-10,14H,3,11-12,20H2,1-2H3,(H,21,23). The largest absolute Gasteiger partial charge is 0.495 e. The second-order valence-corrected chi connectivity index (χ2v) is 6.00. The van der Waals surface area contributed by atoms with Crippen LogP contribution in [0.2, 0.25) is 0 Å². The SMILES string of the molecule is CCC1CN(CC(=O)Nc2ccccc2OC)c2cc(N)ccc2O1. The van der Waals surface area contributed by atoms with Gasteiger partial charge in [0.15, 0.2) is 0 Å². The number of nitrogens with two attached hydrogens (primary N) is 1. The fraction of sp³-hybridized carbons (Fsp3) is 0.316. The van der Waals surface area contributed by atoms with Crippen LogP contribution in [0.3, 0.4) is 0 Å². The third kappa shape index (κ3) is 3.79. The van der Waals surface area contributed by atoms with E-state index < -0.39 is 0 Å². The van der Waals surface area contributed by atoms with Crippen LogP contribution in [0, 0.1) is 0 Å². The van der Waals surface area contributed by atoms with Crippen LogP contribution in [0.25, 0.3) is 0 Å². The summed E-state index contributed by atoms with van der Waals surface area (Å²) < 4.78 is 11.2. The molecule has 132 valence electrons. The molecule has 0 radical (unpaired) electrons. The monoisotopic (exact) mass is 341 g/mol. The Bertz CT molecular complexity index is 763. The molecule has 0 saturated heterocycles. The van der Waals surface area contributed by atoms with Crippen LogP contribution >= 0.6 is 0 Å². The number of methoxy groups -OCH3 is 1. The van der Waals surface area contributed by atoms with Crippen molar-refractivity contribution in [1.29, 1.82) is 0 Å². The lowest BCUT2D eigenvalue weighted by Crippen LogP contribution is -2.43. The number of nitrogens with one attached hydrogen (secondary N) is 1. The van der Waals surface area contributed by atoms with E-state index in [4.69, 9.17) is 15.2 Å². The highest BCUT2D eigenvalue weighted by molar-refractivity contribution is 5.95. The molecule has 3 N–H and O–H groups in total. The fourth-order valence-corrected chi connectivity index (χ4v) is 2.92. The van der Waals surface area contributed by atoms with Crippen molar-refractivity contribution < 1.29 is 14.3 Å². The molecule has 0 aromatic heterocycles. The fourth-order valence-electron chi connectivity index (χ4n) is 2.92. The van der Waals surface area contributed by atoms with Crippen LogP contribution in [-0.2, 0) is 4.79 Å². The van der Waals surface area contributed by atoms with Gasteiger partial charge in [-0.25, -0.2) is 0 Å². The average Bonchev–Trinajstić information content (AvgIpc) is 2.62. The first kappa shape index (κ1) is 17.0. The first-order chi connectivity index (χ1) is 12.1. The van der Waals surface area contributed by atoms with Crippen molar-refractivity contribution in [3.63, 3.8) is 0 Å². The van der Waals surface area contributed by atoms with Crippen LogP contribution in [0.1, 0.15) is 13.3 Å². The minimum Gasteiger partial charge on any atom is -0.495 e. The number of carbonyl (C=O) groups is 1. The first-order valence-electron chi connectivity index (χ1n) is 8.34. The summed E-state index contributed by atoms with van der Waals surface area (Å²) in [6, 6.07) is 12.9. The zero-order valence-corrected chi connectivity index (χ0v) is 14.5. The number of para-hydroxylation sites is 2. The van der Waals surface area contributed by atoms with Gasteiger partial charge in [-0.3, -0.25) is 4.79 Å². The van der Waals surface area contributed by atoms with E-state index in [0.29, 0.717) is 23.7 Å². The molecular weight excluding hydrogens is 318 g/mol. The highest BCUT2D eigenvalue weighted by Gasteiger charge is 2.26. The van der Waals surface area contributed by atoms with E-state index in [2.05, 4.69) is 12.2 Å². The lowest BCUT2D eigenvalue weighted by atomic mass is 10.1. The highest BCUT2D eigenvalue weighted by Crippen LogP contribution is 2.35. The number of fused-ring (bicyclic) bond motifs is 1. The number of amides is 1. The molecule has 1 aliphatic rings. The summed E-state index contributed by atoms with van der Waals surface area (Å²) in [6.45, 7) is 2.93. The van der Waals surface area contributed by atoms with Gasteiger partial charge in [-0.1, -0.05) is 19.1 Å². The van der Waals surface area contributed by atoms with Gasteiger partial charge in [-0.2, -0.15) is 0 Å². The van der Waals surface area contributed by atoms with Crippen LogP contribution < -0.4 is 25.4 Å². The number of benzene rings is 2. The minimum atomic E-state index is -0.116. The van der Waals surface area contributed by atoms with Gasteiger partial charge in [0.1, 0.15) is 17.6 Å². The summed E-state index contributed by atoms with van der Waals surface area (Å²) in [5, 5.41) is 2.91. The Morgan fingerprint density at radius 1 is 1.36 bits per heavy atom. The Hall–Kier alpha value is -2.89. The summed E-state index contributed by atoms with van der Waals surface area (Å²) in [7, 11) is 1.58. The molecule has 6 nitrogen and oxygen atoms in total. The van der Waals surface area contributed by atoms with Crippen molar-refractivity contribution in [3.8, 4) is 11.5 Å². The lowest BCUT2D eigenvalue weighted by Gasteiger charge is -2.35. The molecule has 2 aromatic rings. The summed E-state index contributed by atoms with van der Waals surface area (Å²) in [5.74, 6) is 1.28. The third-order valence-electron chi connectivity index (χ3n) is 4.21. The van der Waals surface area contributed by atoms with Crippen molar-refractivity contribution in [2.75, 3.05) is 36.1 Å². The molecule has 3 rings (SSSR count). The van der Waals surface area contributed by atoms with E-state index in [1.807, 2.05) is 47.4 Å². The highest BCUT2D eigenvalue weighted by atomic mass is 16.5. The number of nitrogen functional groups attached to an aromatic ring is 1. The van der Waals surface area contributed by atoms with Gasteiger partial charge in [0, 0.05) is 5.69 Å². The van der Waals surface area contributed by atoms with E-state index in [-0.39, 0.29) is 18.6 Å². The maximum Gasteiger partial charge on any atom is 0.243 e. The third-order valence-corrected chi connectivity index (χ3v) is 4.21. The van der Waals surface area contributed by atoms with E-state index >= 15 is 0 Å². The molecule has 1 atom stereocenters. The van der Waals surface area contributed by atoms with Crippen molar-refractivity contribution >= 4 is 23.0 Å². The maximum absolute atomic E-state index is 12.6. The number of carbonyl (C=O) groups excluding carboxylic acids is 1. The Kier molecular flexibility index (Phi) is 4.97. The van der Waals surface area contributed by atoms with E-state index in [1.165, 1.54) is 0 Å². The summed E-state index contributed by atoms with van der Waals surface area (Å²) in [5.41, 5.74) is 8.05. The molecule has 1 aliphatic heterocycles. The average molecular weight is 341 g/mol. The van der Waals surface area contributed by atoms with Crippen LogP contribution in [0.15, 0.2) is 42.5 Å². The number of rotatable bonds is 5. The van der Waals surface area contributed by atoms with Gasteiger partial charge in [-0.05, 0) is 36.8 Å². The minimum absolute atomic E-state index is 0.0511. The number of hydrogen-bond donors (Lipinski definition) is 2. The van der Waals surface area contributed by atoms with E-state index in [9.17, 15) is 4.79 Å². The summed E-state index contributed by atoms with van der Waals surface area (Å²) in [4.78, 5) is 14.6. The van der Waals surface area contributed by atoms with E-state index in [0.717, 1.165) is 17.9 Å². The Labute approximate surface area is 147 Å². The Morgan fingerprint density at radius 2 is 2.16 bits per heavy atom. The summed E-state index contributed by atoms with van der Waals surface area (Å²) >= 11 is 0. The lowest BCUT2D eigenvalue weighted by molar-refractivity contribution is -0.115. The van der Waals surface area contributed by atoms with Crippen LogP contribution in [-0.4, -0.2) is 32.2 Å². The predicted octanol–water partition coefficient (Wildman–Crippen LogP) is 2.89. The smallest absolute Gasteiger partial charge is 0.243 e. The van der Waals surface area contributed by atoms with Crippen molar-refractivity contribution in [2.45, 2.75) is 19.4 Å². The summed E-state index contributed by atoms with van der Waals surface area (Å²) in [6.07, 6.45) is 0.921. The topological polar surface area (TPSA) is 76.8 Å². The molecule has 6 heteroatoms. The van der Waals surface area contributed by atoms with Crippen molar-refractivity contribution in [2.24, 2.45) is 0 Å². The molecule has 0 saturated carbocycles. The molecule has 1 unspecified atom stereocenters. The van der Waals surface area contributed by atoms with Gasteiger partial charge in [0.2, 0.25) is 5.91 Å². The van der Waals surface area contributed by atoms with Gasteiger partial charge < -0.3 is 25.4 Å². The van der Waals surface area contributed by atoms with Crippen LogP contribution in [0.4, 0.5) is 17.1 Å². The second-order valence-electron chi connectivity index (χ2n) is 6.00. The zero-order valence-electron chi connectivity index (χ0n) is 14.5. The van der Waals surface area contributed by atoms with Gasteiger partial charge >= 0.3 is 0 Å². The quantitative estimate of drug-likeness (QED) is 0.818. The molecule has 0 aliphatic carbocycles.